The number of carbonyl (C=O) groups excluding carboxylic acids is 1. The van der Waals surface area contributed by atoms with Crippen LogP contribution < -0.4 is 0 Å². The molecular weight excluding hydrogens is 344 g/mol. The molecule has 1 unspecified atom stereocenters. The number of carbonyl (C=O) groups is 1. The summed E-state index contributed by atoms with van der Waals surface area (Å²) < 4.78 is 10.5. The maximum atomic E-state index is 12.0. The van der Waals surface area contributed by atoms with Crippen LogP contribution in [0.5, 0.6) is 0 Å². The summed E-state index contributed by atoms with van der Waals surface area (Å²) in [5, 5.41) is 28.1. The van der Waals surface area contributed by atoms with E-state index in [4.69, 9.17) is 24.4 Å². The van der Waals surface area contributed by atoms with Gasteiger partial charge < -0.3 is 29.7 Å². The van der Waals surface area contributed by atoms with Crippen LogP contribution in [-0.4, -0.2) is 59.4 Å². The highest BCUT2D eigenvalue weighted by atomic mass is 17.2. The highest BCUT2D eigenvalue weighted by molar-refractivity contribution is 5.89. The molecule has 3 N–H and O–H groups in total. The summed E-state index contributed by atoms with van der Waals surface area (Å²) >= 11 is 0. The Balaban J connectivity index is 2.52. The topological polar surface area (TPSA) is 115 Å². The van der Waals surface area contributed by atoms with Crippen LogP contribution in [0.2, 0.25) is 0 Å². The number of hydrogen-bond donors (Lipinski definition) is 3. The number of cyclic esters (lactones) is 1. The quantitative estimate of drug-likeness (QED) is 0.171. The fraction of sp³-hybridized carbons (Fsp3) is 0.833. The molecule has 0 saturated carbocycles. The number of unbranched alkanes of at least 4 members (excludes halogenated alkanes) is 6. The van der Waals surface area contributed by atoms with E-state index in [0.717, 1.165) is 19.3 Å². The van der Waals surface area contributed by atoms with Crippen LogP contribution in [0.1, 0.15) is 58.8 Å². The molecule has 0 fully saturated rings. The first-order chi connectivity index (χ1) is 12.5. The van der Waals surface area contributed by atoms with Crippen molar-refractivity contribution in [1.82, 2.24) is 0 Å². The lowest BCUT2D eigenvalue weighted by molar-refractivity contribution is -0.284. The lowest BCUT2D eigenvalue weighted by atomic mass is 10.1. The Bertz CT molecular complexity index is 435. The molecule has 0 spiro atoms. The van der Waals surface area contributed by atoms with Crippen LogP contribution in [-0.2, 0) is 24.0 Å². The second-order valence-electron chi connectivity index (χ2n) is 6.46. The summed E-state index contributed by atoms with van der Waals surface area (Å²) in [5.74, 6) is -1.07. The molecule has 1 aliphatic rings. The normalized spacial score (nSPS) is 19.4. The Labute approximate surface area is 154 Å². The summed E-state index contributed by atoms with van der Waals surface area (Å²) in [6.07, 6.45) is 4.41. The van der Waals surface area contributed by atoms with Crippen molar-refractivity contribution < 1.29 is 39.4 Å². The average molecular weight is 376 g/mol. The van der Waals surface area contributed by atoms with Crippen molar-refractivity contribution in [2.75, 3.05) is 19.8 Å². The maximum Gasteiger partial charge on any atom is 0.378 e. The van der Waals surface area contributed by atoms with E-state index >= 15 is 0 Å². The Morgan fingerprint density at radius 2 is 1.77 bits per heavy atom. The maximum absolute atomic E-state index is 12.0. The largest absolute Gasteiger partial charge is 0.484 e. The monoisotopic (exact) mass is 376 g/mol. The minimum absolute atomic E-state index is 0.125. The average Bonchev–Trinajstić information content (AvgIpc) is 2.92. The Kier molecular flexibility index (Phi) is 11.3. The molecule has 1 rings (SSSR count). The molecule has 26 heavy (non-hydrogen) atoms. The molecule has 0 aromatic carbocycles. The molecule has 8 nitrogen and oxygen atoms in total. The van der Waals surface area contributed by atoms with E-state index in [2.05, 4.69) is 6.92 Å². The molecule has 8 heteroatoms. The van der Waals surface area contributed by atoms with Crippen LogP contribution in [0.3, 0.4) is 0 Å². The van der Waals surface area contributed by atoms with Crippen molar-refractivity contribution in [3.05, 3.63) is 11.5 Å². The zero-order chi connectivity index (χ0) is 19.4. The lowest BCUT2D eigenvalue weighted by Gasteiger charge is -2.17. The van der Waals surface area contributed by atoms with Crippen molar-refractivity contribution >= 4 is 5.97 Å². The van der Waals surface area contributed by atoms with Crippen molar-refractivity contribution in [3.8, 4) is 0 Å². The summed E-state index contributed by atoms with van der Waals surface area (Å²) in [5.41, 5.74) is 0. The van der Waals surface area contributed by atoms with Crippen LogP contribution in [0.15, 0.2) is 11.5 Å². The van der Waals surface area contributed by atoms with Gasteiger partial charge in [-0.15, -0.1) is 0 Å². The lowest BCUT2D eigenvalue weighted by Crippen LogP contribution is -2.32. The second kappa shape index (κ2) is 12.9. The van der Waals surface area contributed by atoms with Gasteiger partial charge >= 0.3 is 5.97 Å². The van der Waals surface area contributed by atoms with Gasteiger partial charge in [-0.2, -0.15) is 4.89 Å². The molecule has 0 radical (unpaired) electrons. The number of rotatable bonds is 15. The standard InChI is InChI=1S/C18H32O8/c1-3-4-5-6-7-8-9-10-23-17-16(26-24-12-13(2)20)15(14(21)11-19)25-18(17)22/h13-15,19-21H,3-12H2,1-2H3/t13?,14-,15+/m0/s1. The summed E-state index contributed by atoms with van der Waals surface area (Å²) in [4.78, 5) is 21.9. The predicted octanol–water partition coefficient (Wildman–Crippen LogP) is 1.57. The van der Waals surface area contributed by atoms with Gasteiger partial charge in [0.25, 0.3) is 5.76 Å². The molecule has 1 aliphatic heterocycles. The molecule has 0 aromatic rings. The summed E-state index contributed by atoms with van der Waals surface area (Å²) in [6.45, 7) is 3.24. The minimum atomic E-state index is -1.36. The number of ether oxygens (including phenoxy) is 2. The van der Waals surface area contributed by atoms with E-state index in [9.17, 15) is 15.0 Å². The van der Waals surface area contributed by atoms with E-state index in [-0.39, 0.29) is 18.1 Å². The van der Waals surface area contributed by atoms with Gasteiger partial charge in [0.05, 0.1) is 19.3 Å². The van der Waals surface area contributed by atoms with E-state index in [1.54, 1.807) is 0 Å². The number of aliphatic hydroxyl groups excluding tert-OH is 3. The molecule has 0 bridgehead atoms. The van der Waals surface area contributed by atoms with Crippen molar-refractivity contribution in [3.63, 3.8) is 0 Å². The van der Waals surface area contributed by atoms with Gasteiger partial charge in [-0.1, -0.05) is 45.4 Å². The van der Waals surface area contributed by atoms with Gasteiger partial charge in [0.15, 0.2) is 6.10 Å². The molecule has 1 heterocycles. The second-order valence-corrected chi connectivity index (χ2v) is 6.46. The molecular formula is C18H32O8. The van der Waals surface area contributed by atoms with Crippen LogP contribution in [0.25, 0.3) is 0 Å². The molecule has 152 valence electrons. The van der Waals surface area contributed by atoms with E-state index in [1.807, 2.05) is 0 Å². The first-order valence-corrected chi connectivity index (χ1v) is 9.35. The predicted molar refractivity (Wildman–Crippen MR) is 92.7 cm³/mol. The van der Waals surface area contributed by atoms with Gasteiger partial charge in [0.1, 0.15) is 12.7 Å². The summed E-state index contributed by atoms with van der Waals surface area (Å²) in [6, 6.07) is 0. The minimum Gasteiger partial charge on any atom is -0.484 e. The highest BCUT2D eigenvalue weighted by Gasteiger charge is 2.43. The van der Waals surface area contributed by atoms with E-state index in [0.29, 0.717) is 6.61 Å². The van der Waals surface area contributed by atoms with E-state index in [1.165, 1.54) is 32.6 Å². The Morgan fingerprint density at radius 1 is 1.12 bits per heavy atom. The zero-order valence-corrected chi connectivity index (χ0v) is 15.7. The fourth-order valence-corrected chi connectivity index (χ4v) is 2.45. The van der Waals surface area contributed by atoms with Crippen molar-refractivity contribution in [2.24, 2.45) is 0 Å². The first-order valence-electron chi connectivity index (χ1n) is 9.35. The number of aliphatic hydroxyl groups is 3. The molecule has 0 aromatic heterocycles. The van der Waals surface area contributed by atoms with Crippen molar-refractivity contribution in [1.29, 1.82) is 0 Å². The van der Waals surface area contributed by atoms with Gasteiger partial charge in [-0.05, 0) is 13.3 Å². The van der Waals surface area contributed by atoms with Crippen molar-refractivity contribution in [2.45, 2.75) is 77.1 Å². The third-order valence-electron chi connectivity index (χ3n) is 3.89. The van der Waals surface area contributed by atoms with Crippen LogP contribution in [0.4, 0.5) is 0 Å². The summed E-state index contributed by atoms with van der Waals surface area (Å²) in [7, 11) is 0. The molecule has 0 saturated heterocycles. The third kappa shape index (κ3) is 7.90. The fourth-order valence-electron chi connectivity index (χ4n) is 2.45. The van der Waals surface area contributed by atoms with Gasteiger partial charge in [-0.25, -0.2) is 4.79 Å². The third-order valence-corrected chi connectivity index (χ3v) is 3.89. The zero-order valence-electron chi connectivity index (χ0n) is 15.7. The molecule has 0 aliphatic carbocycles. The van der Waals surface area contributed by atoms with E-state index < -0.39 is 30.9 Å². The Hall–Kier alpha value is -1.35. The van der Waals surface area contributed by atoms with Gasteiger partial charge in [0.2, 0.25) is 5.76 Å². The molecule has 0 amide bonds. The number of hydrogen-bond acceptors (Lipinski definition) is 8. The molecule has 3 atom stereocenters. The van der Waals surface area contributed by atoms with Gasteiger partial charge in [-0.3, -0.25) is 0 Å². The highest BCUT2D eigenvalue weighted by Crippen LogP contribution is 2.27. The van der Waals surface area contributed by atoms with Crippen LogP contribution in [0, 0.1) is 0 Å². The first kappa shape index (κ1) is 22.7. The van der Waals surface area contributed by atoms with Gasteiger partial charge in [0, 0.05) is 0 Å². The Morgan fingerprint density at radius 3 is 2.38 bits per heavy atom. The van der Waals surface area contributed by atoms with Crippen LogP contribution >= 0.6 is 0 Å². The SMILES string of the molecule is CCCCCCCCCOC1=C(OOCC(C)O)[C@@H]([C@@H](O)CO)OC1=O. The number of esters is 1. The smallest absolute Gasteiger partial charge is 0.378 e.